The molecule has 0 unspecified atom stereocenters. The summed E-state index contributed by atoms with van der Waals surface area (Å²) in [6, 6.07) is 5.02. The molecule has 0 aliphatic heterocycles. The Morgan fingerprint density at radius 1 is 1.59 bits per heavy atom. The Bertz CT molecular complexity index is 463. The van der Waals surface area contributed by atoms with Crippen molar-refractivity contribution in [2.45, 2.75) is 12.8 Å². The predicted molar refractivity (Wildman–Crippen MR) is 66.7 cm³/mol. The molecule has 0 atom stereocenters. The summed E-state index contributed by atoms with van der Waals surface area (Å²) < 4.78 is 0. The lowest BCUT2D eigenvalue weighted by Crippen LogP contribution is -2.33. The van der Waals surface area contributed by atoms with Crippen molar-refractivity contribution in [1.29, 1.82) is 0 Å². The number of carbonyl (C=O) groups is 1. The van der Waals surface area contributed by atoms with Crippen LogP contribution in [0, 0.1) is 18.3 Å². The van der Waals surface area contributed by atoms with Gasteiger partial charge < -0.3 is 4.90 Å². The van der Waals surface area contributed by atoms with E-state index < -0.39 is 0 Å². The number of rotatable bonds is 4. The molecule has 0 aromatic carbocycles. The Labute approximate surface area is 106 Å². The highest BCUT2D eigenvalue weighted by atomic mass is 35.5. The topological polar surface area (TPSA) is 33.2 Å². The van der Waals surface area contributed by atoms with E-state index in [2.05, 4.69) is 10.9 Å². The molecule has 0 saturated heterocycles. The number of carbonyl (C=O) groups excluding carboxylic acids is 1. The van der Waals surface area contributed by atoms with Crippen LogP contribution in [0.15, 0.2) is 18.2 Å². The van der Waals surface area contributed by atoms with Crippen LogP contribution in [0.1, 0.15) is 23.3 Å². The van der Waals surface area contributed by atoms with Crippen LogP contribution in [-0.2, 0) is 0 Å². The normalized spacial score (nSPS) is 14.1. The molecule has 1 aliphatic rings. The highest BCUT2D eigenvalue weighted by Crippen LogP contribution is 2.30. The molecule has 1 heterocycles. The molecule has 0 spiro atoms. The summed E-state index contributed by atoms with van der Waals surface area (Å²) in [4.78, 5) is 17.8. The summed E-state index contributed by atoms with van der Waals surface area (Å²) in [6.07, 6.45) is 7.64. The molecule has 0 bridgehead atoms. The third kappa shape index (κ3) is 3.21. The fourth-order valence-corrected chi connectivity index (χ4v) is 1.79. The second-order valence-corrected chi connectivity index (χ2v) is 4.57. The lowest BCUT2D eigenvalue weighted by atomic mass is 10.3. The highest BCUT2D eigenvalue weighted by molar-refractivity contribution is 6.29. The molecule has 2 rings (SSSR count). The average Bonchev–Trinajstić information content (AvgIpc) is 3.11. The molecular formula is C13H13ClN2O. The van der Waals surface area contributed by atoms with E-state index in [0.29, 0.717) is 23.3 Å². The van der Waals surface area contributed by atoms with Gasteiger partial charge in [-0.3, -0.25) is 4.79 Å². The molecule has 1 fully saturated rings. The van der Waals surface area contributed by atoms with E-state index in [-0.39, 0.29) is 5.91 Å². The van der Waals surface area contributed by atoms with Gasteiger partial charge >= 0.3 is 0 Å². The summed E-state index contributed by atoms with van der Waals surface area (Å²) in [7, 11) is 0. The van der Waals surface area contributed by atoms with Gasteiger partial charge in [-0.25, -0.2) is 4.98 Å². The molecule has 0 radical (unpaired) electrons. The molecule has 17 heavy (non-hydrogen) atoms. The quantitative estimate of drug-likeness (QED) is 0.605. The molecule has 1 amide bonds. The van der Waals surface area contributed by atoms with E-state index >= 15 is 0 Å². The van der Waals surface area contributed by atoms with Gasteiger partial charge in [0.25, 0.3) is 5.91 Å². The molecule has 4 heteroatoms. The number of pyridine rings is 1. The Balaban J connectivity index is 2.12. The minimum atomic E-state index is -0.141. The second-order valence-electron chi connectivity index (χ2n) is 4.18. The molecular weight excluding hydrogens is 236 g/mol. The van der Waals surface area contributed by atoms with Crippen LogP contribution in [0.25, 0.3) is 0 Å². The SMILES string of the molecule is C#CCN(CC1CC1)C(=O)c1cccc(Cl)n1. The van der Waals surface area contributed by atoms with Crippen molar-refractivity contribution >= 4 is 17.5 Å². The van der Waals surface area contributed by atoms with Gasteiger partial charge in [-0.05, 0) is 30.9 Å². The van der Waals surface area contributed by atoms with Crippen molar-refractivity contribution in [2.24, 2.45) is 5.92 Å². The fourth-order valence-electron chi connectivity index (χ4n) is 1.63. The molecule has 1 saturated carbocycles. The lowest BCUT2D eigenvalue weighted by Gasteiger charge is -2.19. The van der Waals surface area contributed by atoms with Gasteiger partial charge in [0.1, 0.15) is 10.8 Å². The zero-order valence-electron chi connectivity index (χ0n) is 9.40. The zero-order chi connectivity index (χ0) is 12.3. The maximum absolute atomic E-state index is 12.2. The van der Waals surface area contributed by atoms with E-state index in [1.54, 1.807) is 23.1 Å². The van der Waals surface area contributed by atoms with E-state index in [4.69, 9.17) is 18.0 Å². The van der Waals surface area contributed by atoms with Crippen molar-refractivity contribution in [3.8, 4) is 12.3 Å². The number of amides is 1. The van der Waals surface area contributed by atoms with Crippen molar-refractivity contribution in [2.75, 3.05) is 13.1 Å². The van der Waals surface area contributed by atoms with Crippen molar-refractivity contribution < 1.29 is 4.79 Å². The van der Waals surface area contributed by atoms with Gasteiger partial charge in [-0.1, -0.05) is 23.6 Å². The van der Waals surface area contributed by atoms with Crippen LogP contribution >= 0.6 is 11.6 Å². The van der Waals surface area contributed by atoms with Gasteiger partial charge in [0, 0.05) is 6.54 Å². The Morgan fingerprint density at radius 3 is 2.94 bits per heavy atom. The van der Waals surface area contributed by atoms with Gasteiger partial charge in [0.2, 0.25) is 0 Å². The first-order valence-corrected chi connectivity index (χ1v) is 5.94. The number of nitrogens with zero attached hydrogens (tertiary/aromatic N) is 2. The van der Waals surface area contributed by atoms with Gasteiger partial charge in [0.05, 0.1) is 6.54 Å². The number of halogens is 1. The molecule has 88 valence electrons. The smallest absolute Gasteiger partial charge is 0.273 e. The number of aromatic nitrogens is 1. The first-order valence-electron chi connectivity index (χ1n) is 5.56. The second kappa shape index (κ2) is 5.20. The third-order valence-electron chi connectivity index (χ3n) is 2.68. The number of hydrogen-bond acceptors (Lipinski definition) is 2. The summed E-state index contributed by atoms with van der Waals surface area (Å²) >= 11 is 5.77. The molecule has 3 nitrogen and oxygen atoms in total. The van der Waals surface area contributed by atoms with Crippen LogP contribution in [0.2, 0.25) is 5.15 Å². The summed E-state index contributed by atoms with van der Waals surface area (Å²) in [5.41, 5.74) is 0.355. The number of terminal acetylenes is 1. The Morgan fingerprint density at radius 2 is 2.35 bits per heavy atom. The van der Waals surface area contributed by atoms with Crippen LogP contribution in [0.5, 0.6) is 0 Å². The maximum atomic E-state index is 12.2. The maximum Gasteiger partial charge on any atom is 0.273 e. The largest absolute Gasteiger partial charge is 0.326 e. The standard InChI is InChI=1S/C13H13ClN2O/c1-2-8-16(9-10-6-7-10)13(17)11-4-3-5-12(14)15-11/h1,3-5,10H,6-9H2. The van der Waals surface area contributed by atoms with Crippen LogP contribution < -0.4 is 0 Å². The van der Waals surface area contributed by atoms with Crippen molar-refractivity contribution in [3.63, 3.8) is 0 Å². The molecule has 0 N–H and O–H groups in total. The minimum Gasteiger partial charge on any atom is -0.326 e. The van der Waals surface area contributed by atoms with E-state index in [1.165, 1.54) is 12.8 Å². The average molecular weight is 249 g/mol. The monoisotopic (exact) mass is 248 g/mol. The molecule has 1 aromatic rings. The van der Waals surface area contributed by atoms with Crippen LogP contribution in [0.3, 0.4) is 0 Å². The van der Waals surface area contributed by atoms with Gasteiger partial charge in [-0.15, -0.1) is 6.42 Å². The fraction of sp³-hybridized carbons (Fsp3) is 0.385. The summed E-state index contributed by atoms with van der Waals surface area (Å²) in [5.74, 6) is 2.97. The Kier molecular flexibility index (Phi) is 3.65. The van der Waals surface area contributed by atoms with Gasteiger partial charge in [-0.2, -0.15) is 0 Å². The number of hydrogen-bond donors (Lipinski definition) is 0. The predicted octanol–water partition coefficient (Wildman–Crippen LogP) is 2.22. The van der Waals surface area contributed by atoms with Crippen molar-refractivity contribution in [1.82, 2.24) is 9.88 Å². The highest BCUT2D eigenvalue weighted by Gasteiger charge is 2.27. The molecule has 1 aromatic heterocycles. The van der Waals surface area contributed by atoms with Gasteiger partial charge in [0.15, 0.2) is 0 Å². The van der Waals surface area contributed by atoms with E-state index in [1.807, 2.05) is 0 Å². The first kappa shape index (κ1) is 11.9. The zero-order valence-corrected chi connectivity index (χ0v) is 10.2. The third-order valence-corrected chi connectivity index (χ3v) is 2.89. The summed E-state index contributed by atoms with van der Waals surface area (Å²) in [5, 5.41) is 0.322. The first-order chi connectivity index (χ1) is 8.20. The van der Waals surface area contributed by atoms with Crippen molar-refractivity contribution in [3.05, 3.63) is 29.0 Å². The van der Waals surface area contributed by atoms with Crippen LogP contribution in [-0.4, -0.2) is 28.9 Å². The van der Waals surface area contributed by atoms with E-state index in [0.717, 1.165) is 6.54 Å². The van der Waals surface area contributed by atoms with E-state index in [9.17, 15) is 4.79 Å². The lowest BCUT2D eigenvalue weighted by molar-refractivity contribution is 0.0764. The minimum absolute atomic E-state index is 0.141. The van der Waals surface area contributed by atoms with Crippen LogP contribution in [0.4, 0.5) is 0 Å². The summed E-state index contributed by atoms with van der Waals surface area (Å²) in [6.45, 7) is 1.04. The molecule has 1 aliphatic carbocycles. The Hall–Kier alpha value is -1.53.